The maximum absolute atomic E-state index is 14.6. The maximum Gasteiger partial charge on any atom is 0.243 e. The van der Waals surface area contributed by atoms with Gasteiger partial charge in [0.05, 0.1) is 12.0 Å². The third-order valence-corrected chi connectivity index (χ3v) is 12.7. The van der Waals surface area contributed by atoms with Gasteiger partial charge in [0.1, 0.15) is 23.7 Å². The summed E-state index contributed by atoms with van der Waals surface area (Å²) >= 11 is 0. The minimum atomic E-state index is -1.06. The number of nitrogens with one attached hydrogen (secondary N) is 4. The summed E-state index contributed by atoms with van der Waals surface area (Å²) in [6.45, 7) is 0. The molecule has 4 amide bonds. The summed E-state index contributed by atoms with van der Waals surface area (Å²) in [5.74, 6) is -1.65. The first-order valence-corrected chi connectivity index (χ1v) is 23.7. The zero-order valence-corrected chi connectivity index (χ0v) is 38.8. The summed E-state index contributed by atoms with van der Waals surface area (Å²) in [7, 11) is 1.54. The summed E-state index contributed by atoms with van der Waals surface area (Å²) in [4.78, 5) is 61.0. The van der Waals surface area contributed by atoms with E-state index in [1.54, 1.807) is 0 Å². The van der Waals surface area contributed by atoms with Crippen LogP contribution in [0.5, 0.6) is 0 Å². The van der Waals surface area contributed by atoms with Crippen molar-refractivity contribution < 1.29 is 19.2 Å². The Balaban J connectivity index is 1.06. The van der Waals surface area contributed by atoms with Crippen LogP contribution in [0.15, 0.2) is 207 Å². The zero-order chi connectivity index (χ0) is 47.8. The van der Waals surface area contributed by atoms with Crippen LogP contribution in [0.1, 0.15) is 58.3 Å². The highest BCUT2D eigenvalue weighted by Crippen LogP contribution is 2.41. The molecule has 10 heteroatoms. The molecule has 0 aliphatic rings. The second kappa shape index (κ2) is 23.1. The van der Waals surface area contributed by atoms with Crippen molar-refractivity contribution in [3.63, 3.8) is 0 Å². The van der Waals surface area contributed by atoms with Gasteiger partial charge in [-0.2, -0.15) is 0 Å². The molecule has 348 valence electrons. The van der Waals surface area contributed by atoms with Crippen LogP contribution in [0.2, 0.25) is 0 Å². The lowest BCUT2D eigenvalue weighted by molar-refractivity contribution is -0.133. The third-order valence-electron chi connectivity index (χ3n) is 12.7. The highest BCUT2D eigenvalue weighted by atomic mass is 16.2. The van der Waals surface area contributed by atoms with Crippen LogP contribution >= 0.6 is 0 Å². The Bertz CT molecular complexity index is 2830. The third kappa shape index (κ3) is 11.9. The van der Waals surface area contributed by atoms with Gasteiger partial charge in [0.15, 0.2) is 0 Å². The summed E-state index contributed by atoms with van der Waals surface area (Å²) in [5, 5.41) is 13.8. The predicted molar refractivity (Wildman–Crippen MR) is 272 cm³/mol. The first-order valence-electron chi connectivity index (χ1n) is 23.7. The number of rotatable bonds is 21. The fraction of sp³-hybridized carbons (Fsp3) is 0.203. The molecular weight excluding hydrogens is 857 g/mol. The standard InChI is InChI=1S/C59H58N6O4/c1-60-56(67)53(40-45-34-36-46-24-17-18-25-47(46)38-45)64-57(68)52(63-58(69)54(39-44-22-9-3-10-23-44)62-55(66)37-35-43-20-7-2-8-21-43)33-19-32-51-41-65(42-61-51)59(48-26-11-4-12-27-48,49-28-13-5-14-29-49)50-30-15-6-16-31-50/h2-18,20-31,34,36,38,41-42,52-54H,19,32-33,35,37,39-40H2,1H3,(H,60,67)(H,62,66)(H,63,69)(H,64,68)/t52-,53?,54+/m0/s1. The van der Waals surface area contributed by atoms with Crippen molar-refractivity contribution in [2.24, 2.45) is 0 Å². The number of hydrogen-bond acceptors (Lipinski definition) is 5. The highest BCUT2D eigenvalue weighted by Gasteiger charge is 2.38. The van der Waals surface area contributed by atoms with E-state index in [1.807, 2.05) is 164 Å². The largest absolute Gasteiger partial charge is 0.357 e. The molecule has 0 radical (unpaired) electrons. The molecule has 3 atom stereocenters. The fourth-order valence-corrected chi connectivity index (χ4v) is 9.18. The van der Waals surface area contributed by atoms with E-state index in [1.165, 1.54) is 7.05 Å². The molecule has 0 bridgehead atoms. The van der Waals surface area contributed by atoms with Crippen molar-refractivity contribution in [2.45, 2.75) is 68.6 Å². The van der Waals surface area contributed by atoms with Crippen LogP contribution < -0.4 is 21.3 Å². The Morgan fingerprint density at radius 3 is 1.59 bits per heavy atom. The van der Waals surface area contributed by atoms with Crippen LogP contribution in [0.3, 0.4) is 0 Å². The Hall–Kier alpha value is -8.11. The highest BCUT2D eigenvalue weighted by molar-refractivity contribution is 5.94. The summed E-state index contributed by atoms with van der Waals surface area (Å²) in [6.07, 6.45) is 6.24. The van der Waals surface area contributed by atoms with Crippen molar-refractivity contribution in [1.82, 2.24) is 30.8 Å². The van der Waals surface area contributed by atoms with Gasteiger partial charge in [0.25, 0.3) is 0 Å². The average molecular weight is 915 g/mol. The molecule has 0 aliphatic heterocycles. The van der Waals surface area contributed by atoms with Crippen LogP contribution in [0.4, 0.5) is 0 Å². The SMILES string of the molecule is CNC(=O)C(Cc1ccc2ccccc2c1)NC(=O)[C@H](CCCc1cn(C(c2ccccc2)(c2ccccc2)c2ccccc2)cn1)NC(=O)[C@@H](Cc1ccccc1)NC(=O)CCc1ccccc1. The van der Waals surface area contributed by atoms with Crippen molar-refractivity contribution in [3.05, 3.63) is 246 Å². The maximum atomic E-state index is 14.6. The normalized spacial score (nSPS) is 12.6. The molecule has 0 fully saturated rings. The number of nitrogens with zero attached hydrogens (tertiary/aromatic N) is 2. The van der Waals surface area contributed by atoms with Gasteiger partial charge in [-0.25, -0.2) is 4.98 Å². The number of carbonyl (C=O) groups excluding carboxylic acids is 4. The Morgan fingerprint density at radius 2 is 1.00 bits per heavy atom. The van der Waals surface area contributed by atoms with Gasteiger partial charge in [-0.15, -0.1) is 0 Å². The lowest BCUT2D eigenvalue weighted by atomic mass is 9.77. The van der Waals surface area contributed by atoms with E-state index in [4.69, 9.17) is 4.98 Å². The molecule has 8 rings (SSSR count). The second-order valence-corrected chi connectivity index (χ2v) is 17.4. The molecule has 0 saturated heterocycles. The zero-order valence-electron chi connectivity index (χ0n) is 38.8. The van der Waals surface area contributed by atoms with Crippen molar-refractivity contribution in [2.75, 3.05) is 7.05 Å². The van der Waals surface area contributed by atoms with E-state index in [-0.39, 0.29) is 37.5 Å². The molecule has 1 unspecified atom stereocenters. The van der Waals surface area contributed by atoms with Crippen molar-refractivity contribution in [1.29, 1.82) is 0 Å². The van der Waals surface area contributed by atoms with Crippen LogP contribution in [-0.2, 0) is 50.4 Å². The van der Waals surface area contributed by atoms with Gasteiger partial charge in [0.2, 0.25) is 23.6 Å². The van der Waals surface area contributed by atoms with E-state index in [2.05, 4.69) is 68.4 Å². The van der Waals surface area contributed by atoms with Crippen LogP contribution in [0, 0.1) is 0 Å². The first-order chi connectivity index (χ1) is 33.8. The molecule has 7 aromatic carbocycles. The van der Waals surface area contributed by atoms with Crippen molar-refractivity contribution >= 4 is 34.4 Å². The number of imidazole rings is 1. The lowest BCUT2D eigenvalue weighted by Crippen LogP contribution is -2.57. The predicted octanol–water partition coefficient (Wildman–Crippen LogP) is 8.52. The number of amides is 4. The molecule has 1 heterocycles. The number of carbonyl (C=O) groups is 4. The number of benzene rings is 7. The quantitative estimate of drug-likeness (QED) is 0.0537. The van der Waals surface area contributed by atoms with Gasteiger partial charge >= 0.3 is 0 Å². The molecule has 0 saturated carbocycles. The Morgan fingerprint density at radius 1 is 0.507 bits per heavy atom. The molecule has 4 N–H and O–H groups in total. The Kier molecular flexibility index (Phi) is 15.8. The van der Waals surface area contributed by atoms with E-state index in [0.29, 0.717) is 19.3 Å². The van der Waals surface area contributed by atoms with Crippen molar-refractivity contribution in [3.8, 4) is 0 Å². The van der Waals surface area contributed by atoms with Gasteiger partial charge in [-0.3, -0.25) is 19.2 Å². The number of aryl methyl sites for hydroxylation is 2. The average Bonchev–Trinajstić information content (AvgIpc) is 3.87. The Labute approximate surface area is 404 Å². The smallest absolute Gasteiger partial charge is 0.243 e. The molecule has 10 nitrogen and oxygen atoms in total. The van der Waals surface area contributed by atoms with Crippen LogP contribution in [0.25, 0.3) is 10.8 Å². The topological polar surface area (TPSA) is 134 Å². The second-order valence-electron chi connectivity index (χ2n) is 17.4. The summed E-state index contributed by atoms with van der Waals surface area (Å²) in [6, 6.07) is 61.3. The lowest BCUT2D eigenvalue weighted by Gasteiger charge is -2.37. The van der Waals surface area contributed by atoms with Crippen LogP contribution in [-0.4, -0.2) is 58.4 Å². The molecular formula is C59H58N6O4. The summed E-state index contributed by atoms with van der Waals surface area (Å²) in [5.41, 5.74) is 6.00. The number of aromatic nitrogens is 2. The van der Waals surface area contributed by atoms with Gasteiger partial charge < -0.3 is 25.8 Å². The molecule has 1 aromatic heterocycles. The molecule has 0 spiro atoms. The van der Waals surface area contributed by atoms with E-state index in [9.17, 15) is 19.2 Å². The summed E-state index contributed by atoms with van der Waals surface area (Å²) < 4.78 is 2.16. The molecule has 69 heavy (non-hydrogen) atoms. The fourth-order valence-electron chi connectivity index (χ4n) is 9.18. The number of fused-ring (bicyclic) bond motifs is 1. The van der Waals surface area contributed by atoms with E-state index < -0.39 is 35.5 Å². The number of likely N-dealkylation sites (N-methyl/N-ethyl adjacent to an activating group) is 1. The number of hydrogen-bond donors (Lipinski definition) is 4. The monoisotopic (exact) mass is 914 g/mol. The van der Waals surface area contributed by atoms with E-state index >= 15 is 0 Å². The first kappa shape index (κ1) is 47.4. The van der Waals surface area contributed by atoms with Gasteiger partial charge in [-0.05, 0) is 69.8 Å². The van der Waals surface area contributed by atoms with Gasteiger partial charge in [0, 0.05) is 32.5 Å². The molecule has 0 aliphatic carbocycles. The van der Waals surface area contributed by atoms with Gasteiger partial charge in [-0.1, -0.05) is 194 Å². The van der Waals surface area contributed by atoms with E-state index in [0.717, 1.165) is 49.8 Å². The minimum absolute atomic E-state index is 0.182. The minimum Gasteiger partial charge on any atom is -0.357 e. The molecule has 8 aromatic rings.